The van der Waals surface area contributed by atoms with E-state index >= 15 is 0 Å². The molecule has 9 heteroatoms. The highest BCUT2D eigenvalue weighted by Gasteiger charge is 2.15. The van der Waals surface area contributed by atoms with Gasteiger partial charge in [0.25, 0.3) is 5.91 Å². The van der Waals surface area contributed by atoms with E-state index in [0.717, 1.165) is 5.56 Å². The van der Waals surface area contributed by atoms with Crippen LogP contribution >= 0.6 is 23.2 Å². The average molecular weight is 432 g/mol. The fourth-order valence-corrected chi connectivity index (χ4v) is 2.63. The lowest BCUT2D eigenvalue weighted by atomic mass is 10.1. The summed E-state index contributed by atoms with van der Waals surface area (Å²) in [5.41, 5.74) is 0.958. The number of rotatable bonds is 8. The Labute approximate surface area is 170 Å². The lowest BCUT2D eigenvalue weighted by Gasteiger charge is -2.11. The maximum absolute atomic E-state index is 12.5. The molecule has 2 aromatic carbocycles. The number of nitrogens with one attached hydrogen (secondary N) is 1. The summed E-state index contributed by atoms with van der Waals surface area (Å²) < 4.78 is 34.0. The van der Waals surface area contributed by atoms with Crippen molar-refractivity contribution < 1.29 is 28.2 Å². The van der Waals surface area contributed by atoms with Crippen LogP contribution in [0.2, 0.25) is 10.0 Å². The number of ether oxygens (including phenoxy) is 2. The summed E-state index contributed by atoms with van der Waals surface area (Å²) in [6.45, 7) is -2.87. The molecule has 28 heavy (non-hydrogen) atoms. The predicted octanol–water partition coefficient (Wildman–Crippen LogP) is 4.65. The van der Waals surface area contributed by atoms with Crippen LogP contribution in [0.25, 0.3) is 5.57 Å². The molecule has 0 bridgehead atoms. The van der Waals surface area contributed by atoms with Gasteiger partial charge in [0.1, 0.15) is 6.26 Å². The van der Waals surface area contributed by atoms with E-state index in [4.69, 9.17) is 27.9 Å². The summed E-state index contributed by atoms with van der Waals surface area (Å²) >= 11 is 11.8. The van der Waals surface area contributed by atoms with Gasteiger partial charge in [-0.05, 0) is 41.8 Å². The van der Waals surface area contributed by atoms with E-state index in [1.807, 2.05) is 0 Å². The van der Waals surface area contributed by atoms with Crippen molar-refractivity contribution in [3.05, 3.63) is 63.8 Å². The topological polar surface area (TPSA) is 67.8 Å². The molecule has 0 fully saturated rings. The molecular formula is C19H17Cl2F2NO4. The molecule has 0 aliphatic heterocycles. The lowest BCUT2D eigenvalue weighted by Crippen LogP contribution is -2.27. The van der Waals surface area contributed by atoms with Crippen molar-refractivity contribution in [3.63, 3.8) is 0 Å². The first-order valence-electron chi connectivity index (χ1n) is 8.05. The zero-order valence-electron chi connectivity index (χ0n) is 14.7. The van der Waals surface area contributed by atoms with Gasteiger partial charge in [0.15, 0.2) is 11.5 Å². The Morgan fingerprint density at radius 1 is 1.21 bits per heavy atom. The van der Waals surface area contributed by atoms with Crippen LogP contribution in [0, 0.1) is 0 Å². The predicted molar refractivity (Wildman–Crippen MR) is 103 cm³/mol. The van der Waals surface area contributed by atoms with E-state index in [2.05, 4.69) is 10.1 Å². The molecule has 0 aliphatic rings. The molecule has 0 heterocycles. The molecule has 150 valence electrons. The Morgan fingerprint density at radius 2 is 1.96 bits per heavy atom. The summed E-state index contributed by atoms with van der Waals surface area (Å²) in [5, 5.41) is 12.7. The smallest absolute Gasteiger partial charge is 0.386 e. The molecule has 5 nitrogen and oxygen atoms in total. The number of aromatic hydroxyl groups is 1. The molecule has 0 radical (unpaired) electrons. The molecule has 0 saturated carbocycles. The Balaban J connectivity index is 2.10. The highest BCUT2D eigenvalue weighted by molar-refractivity contribution is 6.42. The van der Waals surface area contributed by atoms with Crippen molar-refractivity contribution >= 4 is 34.7 Å². The van der Waals surface area contributed by atoms with Crippen LogP contribution in [0.3, 0.4) is 0 Å². The Bertz CT molecular complexity index is 875. The third-order valence-corrected chi connectivity index (χ3v) is 4.45. The number of phenolic OH excluding ortho intramolecular Hbond substituents is 1. The first-order valence-corrected chi connectivity index (χ1v) is 8.80. The first-order chi connectivity index (χ1) is 13.3. The fourth-order valence-electron chi connectivity index (χ4n) is 2.33. The molecule has 0 unspecified atom stereocenters. The van der Waals surface area contributed by atoms with Gasteiger partial charge in [-0.2, -0.15) is 8.78 Å². The largest absolute Gasteiger partial charge is 0.504 e. The second-order valence-electron chi connectivity index (χ2n) is 5.57. The fraction of sp³-hybridized carbons (Fsp3) is 0.211. The van der Waals surface area contributed by atoms with Crippen LogP contribution in [0.1, 0.15) is 11.1 Å². The van der Waals surface area contributed by atoms with Crippen molar-refractivity contribution in [2.75, 3.05) is 13.7 Å². The van der Waals surface area contributed by atoms with Gasteiger partial charge in [-0.15, -0.1) is 0 Å². The molecule has 2 N–H and O–H groups in total. The van der Waals surface area contributed by atoms with Crippen molar-refractivity contribution in [2.45, 2.75) is 13.0 Å². The van der Waals surface area contributed by atoms with Crippen LogP contribution in [-0.4, -0.2) is 31.3 Å². The number of carbonyl (C=O) groups excluding carboxylic acids is 1. The van der Waals surface area contributed by atoms with Gasteiger partial charge >= 0.3 is 6.61 Å². The number of alkyl halides is 2. The molecule has 2 aromatic rings. The van der Waals surface area contributed by atoms with Gasteiger partial charge in [0.2, 0.25) is 0 Å². The zero-order chi connectivity index (χ0) is 20.7. The third kappa shape index (κ3) is 6.00. The normalized spacial score (nSPS) is 11.4. The Morgan fingerprint density at radius 3 is 2.61 bits per heavy atom. The molecular weight excluding hydrogens is 415 g/mol. The molecule has 0 atom stereocenters. The standard InChI is InChI=1S/C19H17Cl2F2NO4/c1-27-17-8-11(2-5-16(17)25)6-7-24-18(26)13(10-28-19(22)23)12-3-4-14(20)15(21)9-12/h2-5,8-10,19,25H,6-7H2,1H3,(H,24,26). The highest BCUT2D eigenvalue weighted by Crippen LogP contribution is 2.27. The molecule has 0 aromatic heterocycles. The number of hydrogen-bond acceptors (Lipinski definition) is 4. The van der Waals surface area contributed by atoms with Gasteiger partial charge in [0.05, 0.1) is 22.7 Å². The molecule has 0 saturated heterocycles. The Kier molecular flexibility index (Phi) is 7.90. The maximum Gasteiger partial charge on any atom is 0.386 e. The number of benzene rings is 2. The molecule has 1 amide bonds. The number of methoxy groups -OCH3 is 1. The monoisotopic (exact) mass is 431 g/mol. The van der Waals surface area contributed by atoms with Crippen molar-refractivity contribution in [2.24, 2.45) is 0 Å². The van der Waals surface area contributed by atoms with Gasteiger partial charge < -0.3 is 19.9 Å². The average Bonchev–Trinajstić information content (AvgIpc) is 2.65. The highest BCUT2D eigenvalue weighted by atomic mass is 35.5. The minimum Gasteiger partial charge on any atom is -0.504 e. The van der Waals surface area contributed by atoms with Crippen molar-refractivity contribution in [3.8, 4) is 11.5 Å². The minimum absolute atomic E-state index is 0.00395. The lowest BCUT2D eigenvalue weighted by molar-refractivity contribution is -0.116. The van der Waals surface area contributed by atoms with Crippen molar-refractivity contribution in [1.29, 1.82) is 0 Å². The van der Waals surface area contributed by atoms with Crippen LogP contribution in [0.5, 0.6) is 11.5 Å². The van der Waals surface area contributed by atoms with E-state index in [-0.39, 0.29) is 33.5 Å². The van der Waals surface area contributed by atoms with Crippen LogP contribution < -0.4 is 10.1 Å². The number of halogens is 4. The third-order valence-electron chi connectivity index (χ3n) is 3.71. The second kappa shape index (κ2) is 10.1. The maximum atomic E-state index is 12.5. The molecule has 0 aliphatic carbocycles. The first kappa shape index (κ1) is 21.8. The van der Waals surface area contributed by atoms with Gasteiger partial charge in [-0.25, -0.2) is 0 Å². The quantitative estimate of drug-likeness (QED) is 0.471. The number of amides is 1. The van der Waals surface area contributed by atoms with E-state index in [1.165, 1.54) is 31.4 Å². The zero-order valence-corrected chi connectivity index (χ0v) is 16.2. The van der Waals surface area contributed by atoms with E-state index in [9.17, 15) is 18.7 Å². The molecule has 2 rings (SSSR count). The van der Waals surface area contributed by atoms with E-state index in [0.29, 0.717) is 18.4 Å². The molecule has 0 spiro atoms. The second-order valence-corrected chi connectivity index (χ2v) is 6.38. The number of carbonyl (C=O) groups is 1. The summed E-state index contributed by atoms with van der Waals surface area (Å²) in [6.07, 6.45) is 1.11. The Hall–Kier alpha value is -2.51. The summed E-state index contributed by atoms with van der Waals surface area (Å²) in [5.74, 6) is -0.306. The van der Waals surface area contributed by atoms with Crippen LogP contribution in [0.4, 0.5) is 8.78 Å². The van der Waals surface area contributed by atoms with Gasteiger partial charge in [-0.1, -0.05) is 35.3 Å². The van der Waals surface area contributed by atoms with E-state index < -0.39 is 12.5 Å². The number of phenols is 1. The minimum atomic E-state index is -3.07. The summed E-state index contributed by atoms with van der Waals surface area (Å²) in [6, 6.07) is 9.10. The van der Waals surface area contributed by atoms with Crippen LogP contribution in [0.15, 0.2) is 42.7 Å². The summed E-state index contributed by atoms with van der Waals surface area (Å²) in [4.78, 5) is 12.5. The van der Waals surface area contributed by atoms with Gasteiger partial charge in [0, 0.05) is 6.54 Å². The van der Waals surface area contributed by atoms with Crippen LogP contribution in [-0.2, 0) is 16.0 Å². The van der Waals surface area contributed by atoms with Crippen molar-refractivity contribution in [1.82, 2.24) is 5.32 Å². The number of hydrogen-bond donors (Lipinski definition) is 2. The van der Waals surface area contributed by atoms with E-state index in [1.54, 1.807) is 12.1 Å². The summed E-state index contributed by atoms with van der Waals surface area (Å²) in [7, 11) is 1.43. The van der Waals surface area contributed by atoms with Gasteiger partial charge in [-0.3, -0.25) is 4.79 Å². The SMILES string of the molecule is COc1cc(CCNC(=O)C(=COC(F)F)c2ccc(Cl)c(Cl)c2)ccc1O.